The number of nitrogens with zero attached hydrogens (tertiary/aromatic N) is 1. The number of hydrogen-bond acceptors (Lipinski definition) is 2. The SMILES string of the molecule is CC1CC(C(=O)O)CN(C(=O)NCC(F)(F)c2ccccc2)C1. The molecule has 126 valence electrons. The summed E-state index contributed by atoms with van der Waals surface area (Å²) in [6, 6.07) is 6.60. The predicted octanol–water partition coefficient (Wildman–Crippen LogP) is 2.53. The van der Waals surface area contributed by atoms with Crippen LogP contribution in [0, 0.1) is 11.8 Å². The fourth-order valence-electron chi connectivity index (χ4n) is 2.78. The highest BCUT2D eigenvalue weighted by molar-refractivity contribution is 5.76. The molecule has 1 aliphatic heterocycles. The Morgan fingerprint density at radius 3 is 2.57 bits per heavy atom. The second-order valence-electron chi connectivity index (χ2n) is 6.01. The number of piperidine rings is 1. The molecule has 1 aliphatic rings. The fraction of sp³-hybridized carbons (Fsp3) is 0.500. The normalized spacial score (nSPS) is 21.8. The van der Waals surface area contributed by atoms with Crippen molar-refractivity contribution >= 4 is 12.0 Å². The number of amides is 2. The van der Waals surface area contributed by atoms with Gasteiger partial charge in [0.05, 0.1) is 12.5 Å². The monoisotopic (exact) mass is 326 g/mol. The third kappa shape index (κ3) is 4.40. The summed E-state index contributed by atoms with van der Waals surface area (Å²) in [5.74, 6) is -4.78. The van der Waals surface area contributed by atoms with Crippen molar-refractivity contribution in [1.29, 1.82) is 0 Å². The number of carbonyl (C=O) groups excluding carboxylic acids is 1. The van der Waals surface area contributed by atoms with E-state index in [-0.39, 0.29) is 18.0 Å². The van der Waals surface area contributed by atoms with Crippen molar-refractivity contribution in [2.75, 3.05) is 19.6 Å². The van der Waals surface area contributed by atoms with Crippen LogP contribution < -0.4 is 5.32 Å². The molecular formula is C16H20F2N2O3. The minimum Gasteiger partial charge on any atom is -0.481 e. The smallest absolute Gasteiger partial charge is 0.317 e. The highest BCUT2D eigenvalue weighted by atomic mass is 19.3. The van der Waals surface area contributed by atoms with Gasteiger partial charge < -0.3 is 15.3 Å². The minimum absolute atomic E-state index is 0.0187. The zero-order valence-corrected chi connectivity index (χ0v) is 12.8. The number of carbonyl (C=O) groups is 2. The van der Waals surface area contributed by atoms with E-state index < -0.39 is 30.4 Å². The third-order valence-electron chi connectivity index (χ3n) is 3.95. The largest absolute Gasteiger partial charge is 0.481 e. The van der Waals surface area contributed by atoms with Crippen LogP contribution in [0.15, 0.2) is 30.3 Å². The molecular weight excluding hydrogens is 306 g/mol. The van der Waals surface area contributed by atoms with E-state index in [0.29, 0.717) is 13.0 Å². The molecule has 1 fully saturated rings. The summed E-state index contributed by atoms with van der Waals surface area (Å²) >= 11 is 0. The van der Waals surface area contributed by atoms with Crippen molar-refractivity contribution in [2.24, 2.45) is 11.8 Å². The van der Waals surface area contributed by atoms with Gasteiger partial charge in [-0.2, -0.15) is 8.78 Å². The van der Waals surface area contributed by atoms with E-state index in [1.165, 1.54) is 29.2 Å². The van der Waals surface area contributed by atoms with Crippen molar-refractivity contribution in [3.8, 4) is 0 Å². The summed E-state index contributed by atoms with van der Waals surface area (Å²) in [6.07, 6.45) is 0.485. The van der Waals surface area contributed by atoms with Gasteiger partial charge in [0.1, 0.15) is 0 Å². The number of nitrogens with one attached hydrogen (secondary N) is 1. The van der Waals surface area contributed by atoms with Gasteiger partial charge in [-0.05, 0) is 12.3 Å². The van der Waals surface area contributed by atoms with Gasteiger partial charge in [0, 0.05) is 18.7 Å². The summed E-state index contributed by atoms with van der Waals surface area (Å²) in [4.78, 5) is 24.5. The number of halogens is 2. The number of urea groups is 1. The number of alkyl halides is 2. The molecule has 0 saturated carbocycles. The Labute approximate surface area is 133 Å². The zero-order chi connectivity index (χ0) is 17.0. The number of carboxylic acid groups (broad SMARTS) is 1. The summed E-state index contributed by atoms with van der Waals surface area (Å²) in [7, 11) is 0. The average molecular weight is 326 g/mol. The lowest BCUT2D eigenvalue weighted by Gasteiger charge is -2.35. The molecule has 2 N–H and O–H groups in total. The van der Waals surface area contributed by atoms with Gasteiger partial charge >= 0.3 is 12.0 Å². The van der Waals surface area contributed by atoms with Crippen LogP contribution in [-0.2, 0) is 10.7 Å². The Bertz CT molecular complexity index is 566. The maximum atomic E-state index is 14.0. The Hall–Kier alpha value is -2.18. The van der Waals surface area contributed by atoms with E-state index in [4.69, 9.17) is 5.11 Å². The molecule has 0 spiro atoms. The molecule has 2 atom stereocenters. The van der Waals surface area contributed by atoms with Crippen molar-refractivity contribution in [1.82, 2.24) is 10.2 Å². The molecule has 1 heterocycles. The Balaban J connectivity index is 1.95. The maximum absolute atomic E-state index is 14.0. The number of aliphatic carboxylic acids is 1. The molecule has 7 heteroatoms. The molecule has 2 unspecified atom stereocenters. The number of likely N-dealkylation sites (tertiary alicyclic amines) is 1. The fourth-order valence-corrected chi connectivity index (χ4v) is 2.78. The van der Waals surface area contributed by atoms with Crippen LogP contribution >= 0.6 is 0 Å². The van der Waals surface area contributed by atoms with Gasteiger partial charge in [-0.15, -0.1) is 0 Å². The number of hydrogen-bond donors (Lipinski definition) is 2. The van der Waals surface area contributed by atoms with Gasteiger partial charge in [-0.3, -0.25) is 4.79 Å². The molecule has 0 radical (unpaired) electrons. The molecule has 2 rings (SSSR count). The van der Waals surface area contributed by atoms with E-state index in [2.05, 4.69) is 5.32 Å². The lowest BCUT2D eigenvalue weighted by Crippen LogP contribution is -2.51. The quantitative estimate of drug-likeness (QED) is 0.893. The molecule has 1 aromatic carbocycles. The number of rotatable bonds is 4. The van der Waals surface area contributed by atoms with E-state index in [9.17, 15) is 18.4 Å². The standard InChI is InChI=1S/C16H20F2N2O3/c1-11-7-12(14(21)22)9-20(8-11)15(23)19-10-16(17,18)13-5-3-2-4-6-13/h2-6,11-12H,7-10H2,1H3,(H,19,23)(H,21,22). The first kappa shape index (κ1) is 17.2. The first-order valence-electron chi connectivity index (χ1n) is 7.48. The van der Waals surface area contributed by atoms with Gasteiger partial charge in [0.25, 0.3) is 5.92 Å². The Kier molecular flexibility index (Phi) is 5.18. The van der Waals surface area contributed by atoms with Gasteiger partial charge in [0.2, 0.25) is 0 Å². The molecule has 0 bridgehead atoms. The lowest BCUT2D eigenvalue weighted by atomic mass is 9.91. The molecule has 1 saturated heterocycles. The highest BCUT2D eigenvalue weighted by Gasteiger charge is 2.35. The van der Waals surface area contributed by atoms with Crippen molar-refractivity contribution in [2.45, 2.75) is 19.3 Å². The minimum atomic E-state index is -3.18. The van der Waals surface area contributed by atoms with Crippen molar-refractivity contribution in [3.05, 3.63) is 35.9 Å². The first-order chi connectivity index (χ1) is 10.8. The van der Waals surface area contributed by atoms with E-state index in [1.807, 2.05) is 6.92 Å². The molecule has 23 heavy (non-hydrogen) atoms. The average Bonchev–Trinajstić information content (AvgIpc) is 2.53. The van der Waals surface area contributed by atoms with Crippen LogP contribution in [0.3, 0.4) is 0 Å². The summed E-state index contributed by atoms with van der Waals surface area (Å²) in [5, 5.41) is 11.3. The maximum Gasteiger partial charge on any atom is 0.317 e. The second-order valence-corrected chi connectivity index (χ2v) is 6.01. The van der Waals surface area contributed by atoms with E-state index >= 15 is 0 Å². The van der Waals surface area contributed by atoms with Gasteiger partial charge in [0.15, 0.2) is 0 Å². The third-order valence-corrected chi connectivity index (χ3v) is 3.95. The molecule has 0 aliphatic carbocycles. The lowest BCUT2D eigenvalue weighted by molar-refractivity contribution is -0.143. The van der Waals surface area contributed by atoms with E-state index in [0.717, 1.165) is 0 Å². The first-order valence-corrected chi connectivity index (χ1v) is 7.48. The molecule has 0 aromatic heterocycles. The molecule has 5 nitrogen and oxygen atoms in total. The van der Waals surface area contributed by atoms with Crippen molar-refractivity contribution < 1.29 is 23.5 Å². The molecule has 2 amide bonds. The zero-order valence-electron chi connectivity index (χ0n) is 12.8. The Morgan fingerprint density at radius 2 is 1.96 bits per heavy atom. The van der Waals surface area contributed by atoms with Crippen LogP contribution in [0.1, 0.15) is 18.9 Å². The van der Waals surface area contributed by atoms with Crippen LogP contribution in [0.25, 0.3) is 0 Å². The summed E-state index contributed by atoms with van der Waals surface area (Å²) in [5.41, 5.74) is -0.171. The van der Waals surface area contributed by atoms with Crippen LogP contribution in [-0.4, -0.2) is 41.6 Å². The van der Waals surface area contributed by atoms with E-state index in [1.54, 1.807) is 6.07 Å². The predicted molar refractivity (Wildman–Crippen MR) is 80.2 cm³/mol. The second kappa shape index (κ2) is 6.93. The van der Waals surface area contributed by atoms with Crippen molar-refractivity contribution in [3.63, 3.8) is 0 Å². The van der Waals surface area contributed by atoms with Crippen LogP contribution in [0.2, 0.25) is 0 Å². The number of carboxylic acids is 1. The van der Waals surface area contributed by atoms with Gasteiger partial charge in [-0.25, -0.2) is 4.79 Å². The van der Waals surface area contributed by atoms with Crippen LogP contribution in [0.5, 0.6) is 0 Å². The summed E-state index contributed by atoms with van der Waals surface area (Å²) < 4.78 is 28.1. The number of benzene rings is 1. The Morgan fingerprint density at radius 1 is 1.30 bits per heavy atom. The highest BCUT2D eigenvalue weighted by Crippen LogP contribution is 2.27. The summed E-state index contributed by atoms with van der Waals surface area (Å²) in [6.45, 7) is 1.43. The molecule has 1 aromatic rings. The van der Waals surface area contributed by atoms with Gasteiger partial charge in [-0.1, -0.05) is 37.3 Å². The van der Waals surface area contributed by atoms with Crippen LogP contribution in [0.4, 0.5) is 13.6 Å². The topological polar surface area (TPSA) is 69.6 Å².